The Kier molecular flexibility index (Phi) is 3.36. The first-order chi connectivity index (χ1) is 9.59. The van der Waals surface area contributed by atoms with Crippen LogP contribution in [0.3, 0.4) is 0 Å². The fourth-order valence-electron chi connectivity index (χ4n) is 2.75. The van der Waals surface area contributed by atoms with Gasteiger partial charge in [0.25, 0.3) is 0 Å². The van der Waals surface area contributed by atoms with E-state index in [1.165, 1.54) is 0 Å². The van der Waals surface area contributed by atoms with E-state index >= 15 is 0 Å². The SMILES string of the molecule is CC1(C)CN(c2nc(CO)cc3ccccc23)CCO1. The summed E-state index contributed by atoms with van der Waals surface area (Å²) in [5.41, 5.74) is 0.541. The zero-order chi connectivity index (χ0) is 14.2. The highest BCUT2D eigenvalue weighted by atomic mass is 16.5. The number of aliphatic hydroxyl groups is 1. The molecule has 0 atom stereocenters. The van der Waals surface area contributed by atoms with E-state index in [4.69, 9.17) is 4.74 Å². The number of rotatable bonds is 2. The first-order valence-corrected chi connectivity index (χ1v) is 6.97. The smallest absolute Gasteiger partial charge is 0.137 e. The van der Waals surface area contributed by atoms with E-state index < -0.39 is 0 Å². The lowest BCUT2D eigenvalue weighted by molar-refractivity contribution is -0.0278. The maximum Gasteiger partial charge on any atom is 0.137 e. The van der Waals surface area contributed by atoms with Crippen LogP contribution < -0.4 is 4.90 Å². The molecular weight excluding hydrogens is 252 g/mol. The van der Waals surface area contributed by atoms with Crippen LogP contribution in [0.1, 0.15) is 19.5 Å². The summed E-state index contributed by atoms with van der Waals surface area (Å²) in [5.74, 6) is 0.948. The number of pyridine rings is 1. The summed E-state index contributed by atoms with van der Waals surface area (Å²) in [7, 11) is 0. The first-order valence-electron chi connectivity index (χ1n) is 6.97. The van der Waals surface area contributed by atoms with Crippen LogP contribution in [-0.4, -0.2) is 35.4 Å². The minimum absolute atomic E-state index is 0.0361. The first kappa shape index (κ1) is 13.3. The van der Waals surface area contributed by atoms with E-state index in [1.807, 2.05) is 18.2 Å². The monoisotopic (exact) mass is 272 g/mol. The second-order valence-corrected chi connectivity index (χ2v) is 5.85. The molecule has 0 bridgehead atoms. The van der Waals surface area contributed by atoms with Gasteiger partial charge in [0.1, 0.15) is 5.82 Å². The van der Waals surface area contributed by atoms with Gasteiger partial charge in [0.2, 0.25) is 0 Å². The van der Waals surface area contributed by atoms with Gasteiger partial charge in [-0.1, -0.05) is 24.3 Å². The van der Waals surface area contributed by atoms with Crippen molar-refractivity contribution in [3.63, 3.8) is 0 Å². The van der Waals surface area contributed by atoms with Gasteiger partial charge in [-0.2, -0.15) is 0 Å². The highest BCUT2D eigenvalue weighted by molar-refractivity contribution is 5.92. The van der Waals surface area contributed by atoms with Gasteiger partial charge in [-0.3, -0.25) is 0 Å². The van der Waals surface area contributed by atoms with Crippen LogP contribution in [0.25, 0.3) is 10.8 Å². The molecule has 106 valence electrons. The molecule has 0 amide bonds. The standard InChI is InChI=1S/C16H20N2O2/c1-16(2)11-18(7-8-20-16)15-14-6-4-3-5-12(14)9-13(10-19)17-15/h3-6,9,19H,7-8,10-11H2,1-2H3. The van der Waals surface area contributed by atoms with E-state index in [-0.39, 0.29) is 12.2 Å². The number of benzene rings is 1. The quantitative estimate of drug-likeness (QED) is 0.911. The van der Waals surface area contributed by atoms with Crippen molar-refractivity contribution in [1.29, 1.82) is 0 Å². The van der Waals surface area contributed by atoms with Crippen LogP contribution >= 0.6 is 0 Å². The number of anilines is 1. The maximum absolute atomic E-state index is 9.42. The number of hydrogen-bond donors (Lipinski definition) is 1. The summed E-state index contributed by atoms with van der Waals surface area (Å²) in [6.07, 6.45) is 0. The van der Waals surface area contributed by atoms with Crippen molar-refractivity contribution in [1.82, 2.24) is 4.98 Å². The number of fused-ring (bicyclic) bond motifs is 1. The number of aliphatic hydroxyl groups excluding tert-OH is 1. The van der Waals surface area contributed by atoms with Crippen LogP contribution in [-0.2, 0) is 11.3 Å². The minimum atomic E-state index is -0.170. The van der Waals surface area contributed by atoms with Gasteiger partial charge >= 0.3 is 0 Å². The highest BCUT2D eigenvalue weighted by Crippen LogP contribution is 2.29. The molecule has 2 heterocycles. The Morgan fingerprint density at radius 2 is 2.15 bits per heavy atom. The lowest BCUT2D eigenvalue weighted by Crippen LogP contribution is -2.48. The summed E-state index contributed by atoms with van der Waals surface area (Å²) in [4.78, 5) is 6.88. The summed E-state index contributed by atoms with van der Waals surface area (Å²) < 4.78 is 5.77. The molecule has 0 radical (unpaired) electrons. The van der Waals surface area contributed by atoms with Crippen molar-refractivity contribution < 1.29 is 9.84 Å². The normalized spacial score (nSPS) is 18.4. The molecule has 0 aliphatic carbocycles. The molecule has 2 aromatic rings. The fraction of sp³-hybridized carbons (Fsp3) is 0.438. The van der Waals surface area contributed by atoms with Crippen molar-refractivity contribution in [2.45, 2.75) is 26.1 Å². The van der Waals surface area contributed by atoms with Gasteiger partial charge in [0, 0.05) is 18.5 Å². The zero-order valence-corrected chi connectivity index (χ0v) is 12.0. The number of nitrogens with zero attached hydrogens (tertiary/aromatic N) is 2. The van der Waals surface area contributed by atoms with E-state index in [0.717, 1.165) is 29.7 Å². The molecule has 1 aromatic carbocycles. The Labute approximate surface area is 119 Å². The van der Waals surface area contributed by atoms with Crippen molar-refractivity contribution >= 4 is 16.6 Å². The van der Waals surface area contributed by atoms with Gasteiger partial charge < -0.3 is 14.7 Å². The van der Waals surface area contributed by atoms with Crippen molar-refractivity contribution in [3.8, 4) is 0 Å². The molecule has 4 nitrogen and oxygen atoms in total. The molecule has 3 rings (SSSR count). The molecule has 0 spiro atoms. The summed E-state index contributed by atoms with van der Waals surface area (Å²) in [5, 5.41) is 11.7. The lowest BCUT2D eigenvalue weighted by atomic mass is 10.1. The Morgan fingerprint density at radius 1 is 1.35 bits per heavy atom. The summed E-state index contributed by atoms with van der Waals surface area (Å²) >= 11 is 0. The maximum atomic E-state index is 9.42. The number of aromatic nitrogens is 1. The van der Waals surface area contributed by atoms with E-state index in [1.54, 1.807) is 0 Å². The van der Waals surface area contributed by atoms with E-state index in [9.17, 15) is 5.11 Å². The van der Waals surface area contributed by atoms with Crippen molar-refractivity contribution in [2.75, 3.05) is 24.6 Å². The predicted molar refractivity (Wildman–Crippen MR) is 79.9 cm³/mol. The largest absolute Gasteiger partial charge is 0.390 e. The average Bonchev–Trinajstić information content (AvgIpc) is 2.45. The molecule has 0 saturated carbocycles. The molecule has 1 N–H and O–H groups in total. The Bertz CT molecular complexity index is 625. The lowest BCUT2D eigenvalue weighted by Gasteiger charge is -2.39. The number of ether oxygens (including phenoxy) is 1. The fourth-order valence-corrected chi connectivity index (χ4v) is 2.75. The summed E-state index contributed by atoms with van der Waals surface area (Å²) in [6, 6.07) is 10.1. The van der Waals surface area contributed by atoms with Crippen LogP contribution in [0.2, 0.25) is 0 Å². The zero-order valence-electron chi connectivity index (χ0n) is 12.0. The number of hydrogen-bond acceptors (Lipinski definition) is 4. The van der Waals surface area contributed by atoms with Crippen LogP contribution in [0, 0.1) is 0 Å². The second-order valence-electron chi connectivity index (χ2n) is 5.85. The topological polar surface area (TPSA) is 45.6 Å². The van der Waals surface area contributed by atoms with Gasteiger partial charge in [0.15, 0.2) is 0 Å². The third-order valence-corrected chi connectivity index (χ3v) is 3.66. The third-order valence-electron chi connectivity index (χ3n) is 3.66. The Hall–Kier alpha value is -1.65. The molecule has 1 aliphatic rings. The molecule has 1 fully saturated rings. The molecule has 1 aromatic heterocycles. The van der Waals surface area contributed by atoms with E-state index in [0.29, 0.717) is 12.3 Å². The molecule has 1 saturated heterocycles. The predicted octanol–water partition coefficient (Wildman–Crippen LogP) is 2.34. The van der Waals surface area contributed by atoms with Crippen molar-refractivity contribution in [3.05, 3.63) is 36.0 Å². The van der Waals surface area contributed by atoms with Gasteiger partial charge in [-0.15, -0.1) is 0 Å². The number of morpholine rings is 1. The molecular formula is C16H20N2O2. The minimum Gasteiger partial charge on any atom is -0.390 e. The average molecular weight is 272 g/mol. The van der Waals surface area contributed by atoms with Gasteiger partial charge in [-0.25, -0.2) is 4.98 Å². The van der Waals surface area contributed by atoms with Crippen LogP contribution in [0.5, 0.6) is 0 Å². The Balaban J connectivity index is 2.09. The Morgan fingerprint density at radius 3 is 2.90 bits per heavy atom. The second kappa shape index (κ2) is 5.04. The summed E-state index contributed by atoms with van der Waals surface area (Å²) in [6.45, 7) is 6.49. The molecule has 20 heavy (non-hydrogen) atoms. The van der Waals surface area contributed by atoms with E-state index in [2.05, 4.69) is 35.9 Å². The third kappa shape index (κ3) is 2.49. The molecule has 4 heteroatoms. The van der Waals surface area contributed by atoms with Crippen LogP contribution in [0.4, 0.5) is 5.82 Å². The van der Waals surface area contributed by atoms with Crippen molar-refractivity contribution in [2.24, 2.45) is 0 Å². The molecule has 1 aliphatic heterocycles. The van der Waals surface area contributed by atoms with Crippen LogP contribution in [0.15, 0.2) is 30.3 Å². The van der Waals surface area contributed by atoms with Gasteiger partial charge in [0.05, 0.1) is 24.5 Å². The highest BCUT2D eigenvalue weighted by Gasteiger charge is 2.28. The molecule has 0 unspecified atom stereocenters. The van der Waals surface area contributed by atoms with Gasteiger partial charge in [-0.05, 0) is 25.3 Å².